The van der Waals surface area contributed by atoms with Crippen molar-refractivity contribution in [1.82, 2.24) is 14.5 Å². The monoisotopic (exact) mass is 583 g/mol. The lowest BCUT2D eigenvalue weighted by Gasteiger charge is -2.34. The second-order valence-electron chi connectivity index (χ2n) is 10.8. The minimum atomic E-state index is -3.68. The van der Waals surface area contributed by atoms with Crippen molar-refractivity contribution in [2.45, 2.75) is 63.1 Å². The van der Waals surface area contributed by atoms with Crippen LogP contribution in [-0.4, -0.2) is 54.6 Å². The zero-order chi connectivity index (χ0) is 29.3. The summed E-state index contributed by atoms with van der Waals surface area (Å²) in [6.45, 7) is 5.99. The molecule has 0 aliphatic rings. The number of carbonyl (C=O) groups excluding carboxylic acids is 2. The molecule has 7 nitrogen and oxygen atoms in total. The van der Waals surface area contributed by atoms with Gasteiger partial charge >= 0.3 is 0 Å². The van der Waals surface area contributed by atoms with E-state index in [2.05, 4.69) is 5.32 Å². The molecule has 1 N–H and O–H groups in total. The zero-order valence-corrected chi connectivity index (χ0v) is 25.1. The predicted molar refractivity (Wildman–Crippen MR) is 159 cm³/mol. The van der Waals surface area contributed by atoms with E-state index in [0.717, 1.165) is 11.1 Å². The van der Waals surface area contributed by atoms with Crippen molar-refractivity contribution >= 4 is 33.4 Å². The zero-order valence-electron chi connectivity index (χ0n) is 23.5. The SMILES string of the molecule is CN(CCCC(=O)N(Cc1ccccc1Cl)[C@@H](Cc1ccccc1)C(=O)NC(C)(C)C)S(=O)(=O)c1ccccc1. The lowest BCUT2D eigenvalue weighted by atomic mass is 10.00. The normalized spacial score (nSPS) is 12.7. The molecule has 0 spiro atoms. The molecule has 0 aliphatic carbocycles. The smallest absolute Gasteiger partial charge is 0.243 e. The van der Waals surface area contributed by atoms with Crippen LogP contribution < -0.4 is 5.32 Å². The number of hydrogen-bond acceptors (Lipinski definition) is 4. The molecular weight excluding hydrogens is 546 g/mol. The van der Waals surface area contributed by atoms with Gasteiger partial charge in [0.25, 0.3) is 0 Å². The molecule has 40 heavy (non-hydrogen) atoms. The van der Waals surface area contributed by atoms with E-state index in [1.165, 1.54) is 11.4 Å². The van der Waals surface area contributed by atoms with Gasteiger partial charge in [0.05, 0.1) is 4.90 Å². The van der Waals surface area contributed by atoms with Gasteiger partial charge in [0.1, 0.15) is 6.04 Å². The molecule has 0 unspecified atom stereocenters. The van der Waals surface area contributed by atoms with Gasteiger partial charge in [0.2, 0.25) is 21.8 Å². The second-order valence-corrected chi connectivity index (χ2v) is 13.3. The molecular formula is C31H38ClN3O4S. The minimum absolute atomic E-state index is 0.0627. The van der Waals surface area contributed by atoms with Crippen LogP contribution in [0.4, 0.5) is 0 Å². The first-order chi connectivity index (χ1) is 18.9. The van der Waals surface area contributed by atoms with Crippen molar-refractivity contribution in [3.05, 3.63) is 101 Å². The van der Waals surface area contributed by atoms with Gasteiger partial charge < -0.3 is 10.2 Å². The molecule has 2 amide bonds. The molecule has 1 atom stereocenters. The van der Waals surface area contributed by atoms with Crippen LogP contribution in [-0.2, 0) is 32.6 Å². The van der Waals surface area contributed by atoms with Gasteiger partial charge in [-0.25, -0.2) is 12.7 Å². The van der Waals surface area contributed by atoms with E-state index in [1.54, 1.807) is 41.3 Å². The Bertz CT molecular complexity index is 1380. The van der Waals surface area contributed by atoms with Crippen LogP contribution in [0.3, 0.4) is 0 Å². The number of hydrogen-bond donors (Lipinski definition) is 1. The van der Waals surface area contributed by atoms with Crippen LogP contribution in [0.1, 0.15) is 44.7 Å². The molecule has 3 aromatic carbocycles. The molecule has 0 aliphatic heterocycles. The lowest BCUT2D eigenvalue weighted by molar-refractivity contribution is -0.142. The summed E-state index contributed by atoms with van der Waals surface area (Å²) in [7, 11) is -2.17. The minimum Gasteiger partial charge on any atom is -0.350 e. The second kappa shape index (κ2) is 13.9. The van der Waals surface area contributed by atoms with Gasteiger partial charge in [-0.1, -0.05) is 78.3 Å². The van der Waals surface area contributed by atoms with Crippen LogP contribution in [0.25, 0.3) is 0 Å². The highest BCUT2D eigenvalue weighted by Gasteiger charge is 2.32. The maximum Gasteiger partial charge on any atom is 0.243 e. The molecule has 3 aromatic rings. The predicted octanol–water partition coefficient (Wildman–Crippen LogP) is 5.30. The summed E-state index contributed by atoms with van der Waals surface area (Å²) >= 11 is 6.47. The summed E-state index contributed by atoms with van der Waals surface area (Å²) in [6, 6.07) is 24.2. The molecule has 0 saturated heterocycles. The Morgan fingerprint density at radius 2 is 1.48 bits per heavy atom. The highest BCUT2D eigenvalue weighted by atomic mass is 35.5. The van der Waals surface area contributed by atoms with Gasteiger partial charge in [-0.05, 0) is 56.5 Å². The largest absolute Gasteiger partial charge is 0.350 e. The standard InChI is InChI=1S/C31H38ClN3O4S/c1-31(2,3)33-30(37)28(22-24-14-7-5-8-15-24)35(23-25-16-11-12-19-27(25)32)29(36)20-13-21-34(4)40(38,39)26-17-9-6-10-18-26/h5-12,14-19,28H,13,20-23H2,1-4H3,(H,33,37)/t28-/m0/s1. The van der Waals surface area contributed by atoms with Crippen LogP contribution >= 0.6 is 11.6 Å². The molecule has 0 heterocycles. The van der Waals surface area contributed by atoms with Gasteiger partial charge in [-0.2, -0.15) is 0 Å². The molecule has 9 heteroatoms. The van der Waals surface area contributed by atoms with E-state index in [9.17, 15) is 18.0 Å². The number of halogens is 1. The Hall–Kier alpha value is -3.20. The average molecular weight is 584 g/mol. The number of rotatable bonds is 12. The number of benzene rings is 3. The number of sulfonamides is 1. The van der Waals surface area contributed by atoms with Crippen molar-refractivity contribution in [1.29, 1.82) is 0 Å². The average Bonchev–Trinajstić information content (AvgIpc) is 2.91. The van der Waals surface area contributed by atoms with Gasteiger partial charge in [-0.15, -0.1) is 0 Å². The van der Waals surface area contributed by atoms with E-state index in [1.807, 2.05) is 69.3 Å². The fourth-order valence-electron chi connectivity index (χ4n) is 4.31. The highest BCUT2D eigenvalue weighted by Crippen LogP contribution is 2.22. The summed E-state index contributed by atoms with van der Waals surface area (Å²) in [5.41, 5.74) is 1.14. The van der Waals surface area contributed by atoms with E-state index in [0.29, 0.717) is 17.9 Å². The van der Waals surface area contributed by atoms with Gasteiger partial charge in [0.15, 0.2) is 0 Å². The van der Waals surface area contributed by atoms with Crippen molar-refractivity contribution in [3.8, 4) is 0 Å². The third-order valence-electron chi connectivity index (χ3n) is 6.38. The van der Waals surface area contributed by atoms with E-state index >= 15 is 0 Å². The Labute approximate surface area is 243 Å². The molecule has 0 fully saturated rings. The van der Waals surface area contributed by atoms with Crippen molar-refractivity contribution in [2.24, 2.45) is 0 Å². The highest BCUT2D eigenvalue weighted by molar-refractivity contribution is 7.89. The van der Waals surface area contributed by atoms with Gasteiger partial charge in [0, 0.05) is 43.5 Å². The van der Waals surface area contributed by atoms with Crippen LogP contribution in [0.2, 0.25) is 5.02 Å². The third-order valence-corrected chi connectivity index (χ3v) is 8.62. The summed E-state index contributed by atoms with van der Waals surface area (Å²) < 4.78 is 27.1. The quantitative estimate of drug-likeness (QED) is 0.314. The van der Waals surface area contributed by atoms with E-state index < -0.39 is 21.6 Å². The Morgan fingerprint density at radius 1 is 0.900 bits per heavy atom. The number of nitrogens with zero attached hydrogens (tertiary/aromatic N) is 2. The van der Waals surface area contributed by atoms with Crippen molar-refractivity contribution in [3.63, 3.8) is 0 Å². The number of amides is 2. The number of nitrogens with one attached hydrogen (secondary N) is 1. The molecule has 0 bridgehead atoms. The van der Waals surface area contributed by atoms with Crippen LogP contribution in [0.5, 0.6) is 0 Å². The van der Waals surface area contributed by atoms with Gasteiger partial charge in [-0.3, -0.25) is 9.59 Å². The van der Waals surface area contributed by atoms with E-state index in [-0.39, 0.29) is 36.2 Å². The lowest BCUT2D eigenvalue weighted by Crippen LogP contribution is -2.54. The molecule has 3 rings (SSSR count). The summed E-state index contributed by atoms with van der Waals surface area (Å²) in [5, 5.41) is 3.54. The fourth-order valence-corrected chi connectivity index (χ4v) is 5.73. The Morgan fingerprint density at radius 3 is 2.08 bits per heavy atom. The summed E-state index contributed by atoms with van der Waals surface area (Å²) in [5.74, 6) is -0.518. The van der Waals surface area contributed by atoms with Crippen molar-refractivity contribution in [2.75, 3.05) is 13.6 Å². The fraction of sp³-hybridized carbons (Fsp3) is 0.355. The first kappa shape index (κ1) is 31.3. The summed E-state index contributed by atoms with van der Waals surface area (Å²) in [6.07, 6.45) is 0.674. The topological polar surface area (TPSA) is 86.8 Å². The molecule has 0 aromatic heterocycles. The van der Waals surface area contributed by atoms with Crippen molar-refractivity contribution < 1.29 is 18.0 Å². The maximum absolute atomic E-state index is 13.8. The first-order valence-corrected chi connectivity index (χ1v) is 15.1. The van der Waals surface area contributed by atoms with Crippen LogP contribution in [0, 0.1) is 0 Å². The van der Waals surface area contributed by atoms with E-state index in [4.69, 9.17) is 11.6 Å². The summed E-state index contributed by atoms with van der Waals surface area (Å²) in [4.78, 5) is 29.2. The third kappa shape index (κ3) is 8.91. The first-order valence-electron chi connectivity index (χ1n) is 13.3. The van der Waals surface area contributed by atoms with Crippen LogP contribution in [0.15, 0.2) is 89.8 Å². The molecule has 0 saturated carbocycles. The molecule has 214 valence electrons. The molecule has 0 radical (unpaired) electrons. The Kier molecular flexibility index (Phi) is 10.9. The number of carbonyl (C=O) groups is 2. The Balaban J connectivity index is 1.85. The maximum atomic E-state index is 13.8.